The Morgan fingerprint density at radius 1 is 0.586 bits per heavy atom. The van der Waals surface area contributed by atoms with Crippen molar-refractivity contribution >= 4 is 11.9 Å². The first-order valence-corrected chi connectivity index (χ1v) is 6.91. The van der Waals surface area contributed by atoms with Gasteiger partial charge in [0.2, 0.25) is 0 Å². The van der Waals surface area contributed by atoms with Gasteiger partial charge in [-0.3, -0.25) is 0 Å². The monoisotopic (exact) mass is 481 g/mol. The van der Waals surface area contributed by atoms with Gasteiger partial charge in [-0.1, -0.05) is 0 Å². The number of hydrogen-bond acceptors (Lipinski definition) is 14. The molecule has 0 aliphatic heterocycles. The Bertz CT molecular complexity index is 387. The molecule has 8 atom stereocenters. The van der Waals surface area contributed by atoms with Gasteiger partial charge in [0.25, 0.3) is 0 Å². The van der Waals surface area contributed by atoms with Crippen molar-refractivity contribution in [2.24, 2.45) is 0 Å². The second-order valence-corrected chi connectivity index (χ2v) is 4.99. The first-order valence-electron chi connectivity index (χ1n) is 6.91. The SMILES string of the molecule is O.O.O=C([O-])[C@H](O)[C@@H](O)[C@H](O)[C@H](O)CO.O=C([O-])[C@H](O)[C@@H](O)[C@H](O)[C@H](O)CO.[Mn+2]. The smallest absolute Gasteiger partial charge is 0.547 e. The van der Waals surface area contributed by atoms with E-state index >= 15 is 0 Å². The van der Waals surface area contributed by atoms with Crippen LogP contribution in [0.3, 0.4) is 0 Å². The molecule has 0 bridgehead atoms. The van der Waals surface area contributed by atoms with E-state index in [0.717, 1.165) is 0 Å². The van der Waals surface area contributed by atoms with Crippen LogP contribution in [-0.2, 0) is 26.7 Å². The molecule has 0 aromatic heterocycles. The second-order valence-electron chi connectivity index (χ2n) is 4.99. The summed E-state index contributed by atoms with van der Waals surface area (Å²) in [5, 5.41) is 107. The molecule has 0 aliphatic rings. The molecule has 0 aromatic carbocycles. The molecule has 0 fully saturated rings. The third-order valence-corrected chi connectivity index (χ3v) is 2.99. The van der Waals surface area contributed by atoms with Crippen LogP contribution in [-0.4, -0.2) is 136 Å². The molecule has 0 saturated heterocycles. The Hall–Kier alpha value is -1.02. The molecule has 0 heterocycles. The first-order chi connectivity index (χ1) is 11.8. The molecule has 0 amide bonds. The zero-order valence-corrected chi connectivity index (χ0v) is 15.7. The van der Waals surface area contributed by atoms with Gasteiger partial charge in [-0.2, -0.15) is 0 Å². The number of carbonyl (C=O) groups is 2. The van der Waals surface area contributed by atoms with Crippen LogP contribution in [0.15, 0.2) is 0 Å². The minimum absolute atomic E-state index is 0. The maximum Gasteiger partial charge on any atom is 2.00 e. The van der Waals surface area contributed by atoms with E-state index < -0.39 is 74.0 Å². The van der Waals surface area contributed by atoms with Gasteiger partial charge in [-0.05, 0) is 0 Å². The second kappa shape index (κ2) is 19.0. The Labute approximate surface area is 173 Å². The molecule has 0 rings (SSSR count). The van der Waals surface area contributed by atoms with Crippen molar-refractivity contribution in [2.75, 3.05) is 13.2 Å². The zero-order valence-electron chi connectivity index (χ0n) is 14.5. The fourth-order valence-corrected chi connectivity index (χ4v) is 1.32. The number of carbonyl (C=O) groups excluding carboxylic acids is 2. The molecule has 0 spiro atoms. The number of carboxylic acids is 2. The molecule has 17 heteroatoms. The van der Waals surface area contributed by atoms with Crippen LogP contribution in [0.1, 0.15) is 0 Å². The molecular formula is C12H26MnO16. The fourth-order valence-electron chi connectivity index (χ4n) is 1.32. The van der Waals surface area contributed by atoms with Crippen molar-refractivity contribution in [3.05, 3.63) is 0 Å². The van der Waals surface area contributed by atoms with E-state index in [-0.39, 0.29) is 28.0 Å². The predicted molar refractivity (Wildman–Crippen MR) is 79.5 cm³/mol. The average Bonchev–Trinajstić information content (AvgIpc) is 2.62. The molecule has 0 unspecified atom stereocenters. The topological polar surface area (TPSA) is 346 Å². The minimum Gasteiger partial charge on any atom is -0.547 e. The Kier molecular flexibility index (Phi) is 25.2. The number of hydrogen-bond donors (Lipinski definition) is 10. The van der Waals surface area contributed by atoms with E-state index in [0.29, 0.717) is 0 Å². The third kappa shape index (κ3) is 13.8. The van der Waals surface area contributed by atoms with Crippen molar-refractivity contribution in [1.82, 2.24) is 0 Å². The zero-order chi connectivity index (χ0) is 21.2. The van der Waals surface area contributed by atoms with Crippen molar-refractivity contribution < 1.29 is 98.9 Å². The summed E-state index contributed by atoms with van der Waals surface area (Å²) in [4.78, 5) is 20.0. The summed E-state index contributed by atoms with van der Waals surface area (Å²) in [5.41, 5.74) is 0. The van der Waals surface area contributed by atoms with Gasteiger partial charge < -0.3 is 81.8 Å². The van der Waals surface area contributed by atoms with Gasteiger partial charge in [0.15, 0.2) is 0 Å². The Balaban J connectivity index is -0.000000120. The summed E-state index contributed by atoms with van der Waals surface area (Å²) in [5.74, 6) is -3.95. The van der Waals surface area contributed by atoms with Gasteiger partial charge in [0.1, 0.15) is 48.8 Å². The van der Waals surface area contributed by atoms with E-state index in [1.54, 1.807) is 0 Å². The summed E-state index contributed by atoms with van der Waals surface area (Å²) in [7, 11) is 0. The van der Waals surface area contributed by atoms with Gasteiger partial charge in [0, 0.05) is 0 Å². The molecule has 29 heavy (non-hydrogen) atoms. The standard InChI is InChI=1S/2C6H12O7.Mn.2H2O/c2*7-1-2(8)3(9)4(10)5(11)6(12)13;;;/h2*2-5,7-11H,1H2,(H,12,13);;2*1H2/q;;+2;;/p-2/t2*2-,3-,4+,5-;;;/m11.../s1. The number of aliphatic hydroxyl groups excluding tert-OH is 10. The normalized spacial score (nSPS) is 18.3. The first kappa shape index (κ1) is 38.6. The van der Waals surface area contributed by atoms with Crippen LogP contribution >= 0.6 is 0 Å². The maximum atomic E-state index is 9.98. The maximum absolute atomic E-state index is 9.98. The van der Waals surface area contributed by atoms with E-state index in [1.165, 1.54) is 0 Å². The Morgan fingerprint density at radius 3 is 0.931 bits per heavy atom. The number of carboxylic acid groups (broad SMARTS) is 2. The molecule has 0 saturated carbocycles. The van der Waals surface area contributed by atoms with E-state index in [9.17, 15) is 19.8 Å². The minimum atomic E-state index is -2.31. The summed E-state index contributed by atoms with van der Waals surface area (Å²) < 4.78 is 0. The van der Waals surface area contributed by atoms with Crippen LogP contribution in [0.4, 0.5) is 0 Å². The largest absolute Gasteiger partial charge is 2.00 e. The third-order valence-electron chi connectivity index (χ3n) is 2.99. The summed E-state index contributed by atoms with van der Waals surface area (Å²) in [6.45, 7) is -1.73. The summed E-state index contributed by atoms with van der Waals surface area (Å²) in [6, 6.07) is 0. The van der Waals surface area contributed by atoms with Crippen molar-refractivity contribution in [3.8, 4) is 0 Å². The van der Waals surface area contributed by atoms with Crippen molar-refractivity contribution in [2.45, 2.75) is 48.8 Å². The number of rotatable bonds is 10. The van der Waals surface area contributed by atoms with Crippen molar-refractivity contribution in [1.29, 1.82) is 0 Å². The molecule has 14 N–H and O–H groups in total. The van der Waals surface area contributed by atoms with Crippen LogP contribution in [0.25, 0.3) is 0 Å². The number of aliphatic carboxylic acids is 2. The fraction of sp³-hybridized carbons (Fsp3) is 0.833. The van der Waals surface area contributed by atoms with Crippen LogP contribution in [0, 0.1) is 0 Å². The molecule has 1 radical (unpaired) electrons. The quantitative estimate of drug-likeness (QED) is 0.129. The van der Waals surface area contributed by atoms with Gasteiger partial charge >= 0.3 is 17.1 Å². The van der Waals surface area contributed by atoms with Gasteiger partial charge in [0.05, 0.1) is 25.2 Å². The molecule has 0 aliphatic carbocycles. The number of aliphatic hydroxyl groups is 10. The van der Waals surface area contributed by atoms with Crippen LogP contribution in [0.2, 0.25) is 0 Å². The molecule has 16 nitrogen and oxygen atoms in total. The van der Waals surface area contributed by atoms with Crippen LogP contribution < -0.4 is 10.2 Å². The predicted octanol–water partition coefficient (Wildman–Crippen LogP) is -11.3. The van der Waals surface area contributed by atoms with E-state index in [1.807, 2.05) is 0 Å². The summed E-state index contributed by atoms with van der Waals surface area (Å²) >= 11 is 0. The van der Waals surface area contributed by atoms with E-state index in [4.69, 9.17) is 51.1 Å². The van der Waals surface area contributed by atoms with Gasteiger partial charge in [-0.25, -0.2) is 0 Å². The van der Waals surface area contributed by atoms with Crippen LogP contribution in [0.5, 0.6) is 0 Å². The van der Waals surface area contributed by atoms with Crippen molar-refractivity contribution in [3.63, 3.8) is 0 Å². The van der Waals surface area contributed by atoms with Gasteiger partial charge in [-0.15, -0.1) is 0 Å². The average molecular weight is 481 g/mol. The molecule has 0 aromatic rings. The summed E-state index contributed by atoms with van der Waals surface area (Å²) in [6.07, 6.45) is -16.2. The Morgan fingerprint density at radius 2 is 0.793 bits per heavy atom. The molecule has 177 valence electrons. The molecular weight excluding hydrogens is 455 g/mol. The van der Waals surface area contributed by atoms with E-state index in [2.05, 4.69) is 0 Å².